The highest BCUT2D eigenvalue weighted by atomic mass is 16.2. The quantitative estimate of drug-likeness (QED) is 0.626. The third-order valence-corrected chi connectivity index (χ3v) is 3.66. The van der Waals surface area contributed by atoms with E-state index >= 15 is 0 Å². The van der Waals surface area contributed by atoms with Crippen LogP contribution in [-0.2, 0) is 0 Å². The molecule has 3 heteroatoms. The van der Waals surface area contributed by atoms with Crippen molar-refractivity contribution in [3.63, 3.8) is 0 Å². The first-order chi connectivity index (χ1) is 7.29. The van der Waals surface area contributed by atoms with Crippen molar-refractivity contribution >= 4 is 0 Å². The predicted molar refractivity (Wildman–Crippen MR) is 63.8 cm³/mol. The van der Waals surface area contributed by atoms with Crippen molar-refractivity contribution in [2.75, 3.05) is 26.7 Å². The molecular formula is C12H26N2O. The minimum Gasteiger partial charge on any atom is -0.396 e. The van der Waals surface area contributed by atoms with Crippen LogP contribution in [-0.4, -0.2) is 42.8 Å². The second kappa shape index (κ2) is 7.20. The summed E-state index contributed by atoms with van der Waals surface area (Å²) in [5.41, 5.74) is 5.78. The van der Waals surface area contributed by atoms with Gasteiger partial charge in [-0.3, -0.25) is 0 Å². The number of unbranched alkanes of at least 4 members (excludes halogenated alkanes) is 2. The van der Waals surface area contributed by atoms with Crippen LogP contribution < -0.4 is 5.73 Å². The summed E-state index contributed by atoms with van der Waals surface area (Å²) >= 11 is 0. The fourth-order valence-corrected chi connectivity index (χ4v) is 2.69. The molecule has 1 aliphatic carbocycles. The maximum Gasteiger partial charge on any atom is 0.0431 e. The standard InChI is InChI=1S/C12H26N2O/c1-14(8-3-2-4-9-15)12-7-5-6-11(12)10-13/h11-12,15H,2-10,13H2,1H3. The van der Waals surface area contributed by atoms with Crippen LogP contribution in [0.5, 0.6) is 0 Å². The summed E-state index contributed by atoms with van der Waals surface area (Å²) in [6.45, 7) is 2.32. The summed E-state index contributed by atoms with van der Waals surface area (Å²) < 4.78 is 0. The minimum absolute atomic E-state index is 0.332. The molecule has 2 unspecified atom stereocenters. The molecule has 0 aromatic heterocycles. The second-order valence-electron chi connectivity index (χ2n) is 4.76. The van der Waals surface area contributed by atoms with Crippen LogP contribution in [0.2, 0.25) is 0 Å². The van der Waals surface area contributed by atoms with Gasteiger partial charge in [-0.05, 0) is 58.2 Å². The molecule has 0 heterocycles. The summed E-state index contributed by atoms with van der Waals surface area (Å²) in [6, 6.07) is 0.712. The zero-order valence-corrected chi connectivity index (χ0v) is 9.99. The zero-order valence-electron chi connectivity index (χ0n) is 9.99. The van der Waals surface area contributed by atoms with Crippen LogP contribution in [0.1, 0.15) is 38.5 Å². The molecule has 1 fully saturated rings. The smallest absolute Gasteiger partial charge is 0.0431 e. The first-order valence-corrected chi connectivity index (χ1v) is 6.30. The molecule has 1 saturated carbocycles. The Morgan fingerprint density at radius 2 is 2.07 bits per heavy atom. The van der Waals surface area contributed by atoms with Crippen LogP contribution in [0, 0.1) is 5.92 Å². The Morgan fingerprint density at radius 1 is 1.27 bits per heavy atom. The van der Waals surface area contributed by atoms with Crippen molar-refractivity contribution in [2.24, 2.45) is 11.7 Å². The Bertz CT molecular complexity index is 164. The molecule has 90 valence electrons. The third-order valence-electron chi connectivity index (χ3n) is 3.66. The largest absolute Gasteiger partial charge is 0.396 e. The maximum atomic E-state index is 8.69. The number of rotatable bonds is 7. The van der Waals surface area contributed by atoms with E-state index in [1.54, 1.807) is 0 Å². The molecule has 3 nitrogen and oxygen atoms in total. The van der Waals surface area contributed by atoms with Gasteiger partial charge in [0.05, 0.1) is 0 Å². The van der Waals surface area contributed by atoms with Crippen molar-refractivity contribution in [1.29, 1.82) is 0 Å². The van der Waals surface area contributed by atoms with Gasteiger partial charge in [0.2, 0.25) is 0 Å². The number of nitrogens with zero attached hydrogens (tertiary/aromatic N) is 1. The first-order valence-electron chi connectivity index (χ1n) is 6.30. The Kier molecular flexibility index (Phi) is 6.22. The molecule has 3 N–H and O–H groups in total. The maximum absolute atomic E-state index is 8.69. The fraction of sp³-hybridized carbons (Fsp3) is 1.00. The van der Waals surface area contributed by atoms with Crippen LogP contribution in [0.4, 0.5) is 0 Å². The molecular weight excluding hydrogens is 188 g/mol. The highest BCUT2D eigenvalue weighted by Crippen LogP contribution is 2.28. The van der Waals surface area contributed by atoms with E-state index in [-0.39, 0.29) is 0 Å². The topological polar surface area (TPSA) is 49.5 Å². The van der Waals surface area contributed by atoms with E-state index in [4.69, 9.17) is 10.8 Å². The molecule has 0 saturated heterocycles. The molecule has 1 aliphatic rings. The Balaban J connectivity index is 2.17. The van der Waals surface area contributed by atoms with Crippen molar-refractivity contribution in [2.45, 2.75) is 44.6 Å². The molecule has 2 atom stereocenters. The van der Waals surface area contributed by atoms with Gasteiger partial charge in [0, 0.05) is 12.6 Å². The van der Waals surface area contributed by atoms with E-state index in [1.807, 2.05) is 0 Å². The second-order valence-corrected chi connectivity index (χ2v) is 4.76. The lowest BCUT2D eigenvalue weighted by Crippen LogP contribution is -2.38. The molecule has 0 aromatic rings. The number of hydrogen-bond donors (Lipinski definition) is 2. The van der Waals surface area contributed by atoms with Crippen LogP contribution in [0.3, 0.4) is 0 Å². The molecule has 0 spiro atoms. The predicted octanol–water partition coefficient (Wildman–Crippen LogP) is 1.21. The van der Waals surface area contributed by atoms with Gasteiger partial charge in [0.1, 0.15) is 0 Å². The van der Waals surface area contributed by atoms with Crippen molar-refractivity contribution in [3.05, 3.63) is 0 Å². The van der Waals surface area contributed by atoms with E-state index in [1.165, 1.54) is 25.7 Å². The van der Waals surface area contributed by atoms with Crippen molar-refractivity contribution in [1.82, 2.24) is 4.90 Å². The van der Waals surface area contributed by atoms with Crippen molar-refractivity contribution < 1.29 is 5.11 Å². The summed E-state index contributed by atoms with van der Waals surface area (Å²) in [6.07, 6.45) is 7.25. The van der Waals surface area contributed by atoms with Gasteiger partial charge in [-0.25, -0.2) is 0 Å². The molecule has 15 heavy (non-hydrogen) atoms. The molecule has 0 bridgehead atoms. The first kappa shape index (κ1) is 12.9. The number of hydrogen-bond acceptors (Lipinski definition) is 3. The van der Waals surface area contributed by atoms with Crippen LogP contribution >= 0.6 is 0 Å². The van der Waals surface area contributed by atoms with E-state index in [2.05, 4.69) is 11.9 Å². The fourth-order valence-electron chi connectivity index (χ4n) is 2.69. The van der Waals surface area contributed by atoms with E-state index in [0.717, 1.165) is 25.9 Å². The number of aliphatic hydroxyl groups is 1. The monoisotopic (exact) mass is 214 g/mol. The lowest BCUT2D eigenvalue weighted by atomic mass is 10.0. The molecule has 0 radical (unpaired) electrons. The van der Waals surface area contributed by atoms with E-state index in [0.29, 0.717) is 18.6 Å². The lowest BCUT2D eigenvalue weighted by Gasteiger charge is -2.29. The molecule has 0 aromatic carbocycles. The van der Waals surface area contributed by atoms with Gasteiger partial charge in [-0.2, -0.15) is 0 Å². The van der Waals surface area contributed by atoms with E-state index in [9.17, 15) is 0 Å². The summed E-state index contributed by atoms with van der Waals surface area (Å²) in [7, 11) is 2.22. The van der Waals surface area contributed by atoms with Gasteiger partial charge in [-0.15, -0.1) is 0 Å². The summed E-state index contributed by atoms with van der Waals surface area (Å²) in [5, 5.41) is 8.69. The van der Waals surface area contributed by atoms with Gasteiger partial charge < -0.3 is 15.7 Å². The minimum atomic E-state index is 0.332. The van der Waals surface area contributed by atoms with Crippen molar-refractivity contribution in [3.8, 4) is 0 Å². The SMILES string of the molecule is CN(CCCCCO)C1CCCC1CN. The molecule has 0 amide bonds. The average Bonchev–Trinajstić information content (AvgIpc) is 2.72. The number of aliphatic hydroxyl groups excluding tert-OH is 1. The van der Waals surface area contributed by atoms with Crippen LogP contribution in [0.15, 0.2) is 0 Å². The average molecular weight is 214 g/mol. The molecule has 0 aliphatic heterocycles. The van der Waals surface area contributed by atoms with Gasteiger partial charge >= 0.3 is 0 Å². The Hall–Kier alpha value is -0.120. The number of nitrogens with two attached hydrogens (primary N) is 1. The summed E-state index contributed by atoms with van der Waals surface area (Å²) in [4.78, 5) is 2.47. The Labute approximate surface area is 93.6 Å². The van der Waals surface area contributed by atoms with Gasteiger partial charge in [0.25, 0.3) is 0 Å². The van der Waals surface area contributed by atoms with Gasteiger partial charge in [-0.1, -0.05) is 6.42 Å². The van der Waals surface area contributed by atoms with E-state index < -0.39 is 0 Å². The normalized spacial score (nSPS) is 26.4. The zero-order chi connectivity index (χ0) is 11.1. The van der Waals surface area contributed by atoms with Crippen LogP contribution in [0.25, 0.3) is 0 Å². The highest BCUT2D eigenvalue weighted by molar-refractivity contribution is 4.84. The summed E-state index contributed by atoms with van der Waals surface area (Å²) in [5.74, 6) is 0.716. The van der Waals surface area contributed by atoms with Gasteiger partial charge in [0.15, 0.2) is 0 Å². The lowest BCUT2D eigenvalue weighted by molar-refractivity contribution is 0.194. The third kappa shape index (κ3) is 4.09. The molecule has 1 rings (SSSR count). The highest BCUT2D eigenvalue weighted by Gasteiger charge is 2.28. The Morgan fingerprint density at radius 3 is 2.73 bits per heavy atom.